The molecule has 0 radical (unpaired) electrons. The summed E-state index contributed by atoms with van der Waals surface area (Å²) in [6.45, 7) is 1.46. The largest absolute Gasteiger partial charge is 0.465 e. The van der Waals surface area contributed by atoms with Crippen LogP contribution in [-0.2, 0) is 19.6 Å². The van der Waals surface area contributed by atoms with Crippen molar-refractivity contribution < 1.29 is 17.9 Å². The molecule has 0 amide bonds. The third kappa shape index (κ3) is 4.33. The Hall–Kier alpha value is -1.11. The molecule has 0 fully saturated rings. The molecule has 0 bridgehead atoms. The van der Waals surface area contributed by atoms with Gasteiger partial charge in [-0.2, -0.15) is 4.72 Å². The predicted octanol–water partition coefficient (Wildman–Crippen LogP) is 1.18. The van der Waals surface area contributed by atoms with Crippen molar-refractivity contribution in [3.8, 4) is 0 Å². The summed E-state index contributed by atoms with van der Waals surface area (Å²) in [4.78, 5) is 11.1. The van der Waals surface area contributed by atoms with Gasteiger partial charge in [0.15, 0.2) is 0 Å². The van der Waals surface area contributed by atoms with E-state index >= 15 is 0 Å². The molecule has 1 aromatic carbocycles. The van der Waals surface area contributed by atoms with Gasteiger partial charge in [0.25, 0.3) is 0 Å². The minimum Gasteiger partial charge on any atom is -0.465 e. The molecule has 0 spiro atoms. The summed E-state index contributed by atoms with van der Waals surface area (Å²) in [5, 5.41) is 0.439. The van der Waals surface area contributed by atoms with E-state index in [1.165, 1.54) is 24.3 Å². The van der Waals surface area contributed by atoms with Gasteiger partial charge in [-0.1, -0.05) is 11.6 Å². The van der Waals surface area contributed by atoms with Crippen LogP contribution in [0.25, 0.3) is 0 Å². The molecule has 5 nitrogen and oxygen atoms in total. The first-order valence-corrected chi connectivity index (χ1v) is 6.72. The second-order valence-corrected chi connectivity index (χ2v) is 5.29. The molecule has 0 aliphatic carbocycles. The summed E-state index contributed by atoms with van der Waals surface area (Å²) in [7, 11) is -3.70. The molecule has 1 rings (SSSR count). The fourth-order valence-electron chi connectivity index (χ4n) is 1.06. The number of benzene rings is 1. The van der Waals surface area contributed by atoms with Crippen molar-refractivity contribution in [3.05, 3.63) is 29.3 Å². The number of hydrogen-bond acceptors (Lipinski definition) is 4. The van der Waals surface area contributed by atoms with Crippen molar-refractivity contribution >= 4 is 27.6 Å². The molecule has 94 valence electrons. The molecule has 0 aliphatic rings. The normalized spacial score (nSPS) is 11.2. The molecule has 0 atom stereocenters. The lowest BCUT2D eigenvalue weighted by Gasteiger charge is -2.06. The minimum absolute atomic E-state index is 0.0474. The van der Waals surface area contributed by atoms with Crippen LogP contribution in [0.1, 0.15) is 6.92 Å². The van der Waals surface area contributed by atoms with Gasteiger partial charge in [0.1, 0.15) is 6.54 Å². The topological polar surface area (TPSA) is 72.5 Å². The van der Waals surface area contributed by atoms with Gasteiger partial charge < -0.3 is 4.74 Å². The van der Waals surface area contributed by atoms with Crippen molar-refractivity contribution in [1.29, 1.82) is 0 Å². The van der Waals surface area contributed by atoms with Crippen LogP contribution >= 0.6 is 11.6 Å². The monoisotopic (exact) mass is 277 g/mol. The van der Waals surface area contributed by atoms with E-state index in [1.54, 1.807) is 6.92 Å². The molecule has 0 saturated carbocycles. The van der Waals surface area contributed by atoms with Gasteiger partial charge in [0, 0.05) is 5.02 Å². The van der Waals surface area contributed by atoms with Crippen LogP contribution in [0.15, 0.2) is 29.2 Å². The first-order valence-electron chi connectivity index (χ1n) is 4.86. The zero-order valence-corrected chi connectivity index (χ0v) is 10.7. The van der Waals surface area contributed by atoms with Crippen molar-refractivity contribution in [2.24, 2.45) is 0 Å². The maximum Gasteiger partial charge on any atom is 0.321 e. The van der Waals surface area contributed by atoms with Crippen LogP contribution in [0.4, 0.5) is 0 Å². The molecule has 0 saturated heterocycles. The highest BCUT2D eigenvalue weighted by atomic mass is 35.5. The van der Waals surface area contributed by atoms with E-state index in [1.807, 2.05) is 0 Å². The Morgan fingerprint density at radius 3 is 2.47 bits per heavy atom. The summed E-state index contributed by atoms with van der Waals surface area (Å²) in [5.41, 5.74) is 0. The second-order valence-electron chi connectivity index (χ2n) is 3.08. The number of rotatable bonds is 5. The van der Waals surface area contributed by atoms with E-state index in [2.05, 4.69) is 9.46 Å². The van der Waals surface area contributed by atoms with Crippen LogP contribution in [0.2, 0.25) is 5.02 Å². The lowest BCUT2D eigenvalue weighted by atomic mass is 10.4. The van der Waals surface area contributed by atoms with Gasteiger partial charge in [-0.05, 0) is 31.2 Å². The van der Waals surface area contributed by atoms with Gasteiger partial charge in [-0.3, -0.25) is 4.79 Å². The van der Waals surface area contributed by atoms with Gasteiger partial charge >= 0.3 is 5.97 Å². The molecule has 0 aromatic heterocycles. The molecular formula is C10H12ClNO4S. The van der Waals surface area contributed by atoms with Crippen LogP contribution in [0.5, 0.6) is 0 Å². The molecular weight excluding hydrogens is 266 g/mol. The van der Waals surface area contributed by atoms with E-state index in [4.69, 9.17) is 11.6 Å². The fourth-order valence-corrected chi connectivity index (χ4v) is 2.16. The third-order valence-corrected chi connectivity index (χ3v) is 3.50. The van der Waals surface area contributed by atoms with Crippen molar-refractivity contribution in [1.82, 2.24) is 4.72 Å². The van der Waals surface area contributed by atoms with Crippen molar-refractivity contribution in [2.45, 2.75) is 11.8 Å². The first-order chi connectivity index (χ1) is 7.95. The third-order valence-electron chi connectivity index (χ3n) is 1.84. The molecule has 7 heteroatoms. The Bertz CT molecular complexity index is 484. The number of ether oxygens (including phenoxy) is 1. The van der Waals surface area contributed by atoms with Crippen LogP contribution in [0, 0.1) is 0 Å². The maximum absolute atomic E-state index is 11.7. The van der Waals surface area contributed by atoms with Gasteiger partial charge in [-0.25, -0.2) is 8.42 Å². The van der Waals surface area contributed by atoms with E-state index in [9.17, 15) is 13.2 Å². The molecule has 1 aromatic rings. The number of carbonyl (C=O) groups excluding carboxylic acids is 1. The Labute approximate surface area is 105 Å². The SMILES string of the molecule is CCOC(=O)CNS(=O)(=O)c1ccc(Cl)cc1. The van der Waals surface area contributed by atoms with E-state index < -0.39 is 22.5 Å². The van der Waals surface area contributed by atoms with Crippen LogP contribution in [-0.4, -0.2) is 27.5 Å². The molecule has 0 unspecified atom stereocenters. The smallest absolute Gasteiger partial charge is 0.321 e. The fraction of sp³-hybridized carbons (Fsp3) is 0.300. The van der Waals surface area contributed by atoms with Crippen LogP contribution < -0.4 is 4.72 Å². The highest BCUT2D eigenvalue weighted by Crippen LogP contribution is 2.13. The highest BCUT2D eigenvalue weighted by Gasteiger charge is 2.15. The van der Waals surface area contributed by atoms with E-state index in [0.29, 0.717) is 5.02 Å². The summed E-state index contributed by atoms with van der Waals surface area (Å²) in [6.07, 6.45) is 0. The van der Waals surface area contributed by atoms with Gasteiger partial charge in [-0.15, -0.1) is 0 Å². The number of nitrogens with one attached hydrogen (secondary N) is 1. The highest BCUT2D eigenvalue weighted by molar-refractivity contribution is 7.89. The summed E-state index contributed by atoms with van der Waals surface area (Å²) < 4.78 is 30.1. The number of hydrogen-bond donors (Lipinski definition) is 1. The number of carbonyl (C=O) groups is 1. The standard InChI is InChI=1S/C10H12ClNO4S/c1-2-16-10(13)7-12-17(14,15)9-5-3-8(11)4-6-9/h3-6,12H,2,7H2,1H3. The zero-order chi connectivity index (χ0) is 12.9. The Balaban J connectivity index is 2.69. The quantitative estimate of drug-likeness (QED) is 0.821. The van der Waals surface area contributed by atoms with Crippen molar-refractivity contribution in [3.63, 3.8) is 0 Å². The minimum atomic E-state index is -3.70. The Morgan fingerprint density at radius 2 is 1.94 bits per heavy atom. The molecule has 17 heavy (non-hydrogen) atoms. The second kappa shape index (κ2) is 6.00. The molecule has 0 heterocycles. The Morgan fingerprint density at radius 1 is 1.35 bits per heavy atom. The van der Waals surface area contributed by atoms with Gasteiger partial charge in [0.05, 0.1) is 11.5 Å². The lowest BCUT2D eigenvalue weighted by molar-refractivity contribution is -0.141. The first kappa shape index (κ1) is 14.0. The lowest BCUT2D eigenvalue weighted by Crippen LogP contribution is -2.30. The maximum atomic E-state index is 11.7. The van der Waals surface area contributed by atoms with E-state index in [-0.39, 0.29) is 11.5 Å². The summed E-state index contributed by atoms with van der Waals surface area (Å²) in [6, 6.07) is 5.63. The molecule has 1 N–H and O–H groups in total. The van der Waals surface area contributed by atoms with E-state index in [0.717, 1.165) is 0 Å². The van der Waals surface area contributed by atoms with Crippen molar-refractivity contribution in [2.75, 3.05) is 13.2 Å². The van der Waals surface area contributed by atoms with Crippen LogP contribution in [0.3, 0.4) is 0 Å². The molecule has 0 aliphatic heterocycles. The number of halogens is 1. The summed E-state index contributed by atoms with van der Waals surface area (Å²) in [5.74, 6) is -0.620. The van der Waals surface area contributed by atoms with Gasteiger partial charge in [0.2, 0.25) is 10.0 Å². The average molecular weight is 278 g/mol. The average Bonchev–Trinajstić information content (AvgIpc) is 2.28. The number of sulfonamides is 1. The predicted molar refractivity (Wildman–Crippen MR) is 63.3 cm³/mol. The Kier molecular flexibility index (Phi) is 4.92. The summed E-state index contributed by atoms with van der Waals surface area (Å²) >= 11 is 5.64. The zero-order valence-electron chi connectivity index (χ0n) is 9.14. The number of esters is 1.